The highest BCUT2D eigenvalue weighted by atomic mass is 19.3. The van der Waals surface area contributed by atoms with Crippen LogP contribution in [0.15, 0.2) is 0 Å². The molecule has 0 saturated carbocycles. The number of aliphatic carboxylic acids is 1. The summed E-state index contributed by atoms with van der Waals surface area (Å²) in [4.78, 5) is 11.9. The first-order valence-electron chi connectivity index (χ1n) is 4.76. The second-order valence-electron chi connectivity index (χ2n) is 3.48. The number of aliphatic hydroxyl groups excluding tert-OH is 1. The summed E-state index contributed by atoms with van der Waals surface area (Å²) < 4.78 is 24.3. The third-order valence-corrected chi connectivity index (χ3v) is 2.45. The van der Waals surface area contributed by atoms with E-state index in [-0.39, 0.29) is 13.2 Å². The smallest absolute Gasteiger partial charge is 0.307 e. The van der Waals surface area contributed by atoms with Crippen LogP contribution in [0.1, 0.15) is 13.8 Å². The largest absolute Gasteiger partial charge is 0.481 e. The summed E-state index contributed by atoms with van der Waals surface area (Å²) in [5.74, 6) is -1.77. The van der Waals surface area contributed by atoms with Gasteiger partial charge in [0.25, 0.3) is 6.43 Å². The molecule has 0 fully saturated rings. The van der Waals surface area contributed by atoms with E-state index >= 15 is 0 Å². The molecule has 0 saturated heterocycles. The number of aliphatic hydroxyl groups is 1. The number of carboxylic acids is 1. The SMILES string of the molecule is CC(C(=O)O)C(C)N(CCO)CC(F)F. The number of rotatable bonds is 7. The number of hydrogen-bond donors (Lipinski definition) is 2. The van der Waals surface area contributed by atoms with Crippen molar-refractivity contribution in [1.29, 1.82) is 0 Å². The minimum absolute atomic E-state index is 0.0587. The lowest BCUT2D eigenvalue weighted by molar-refractivity contribution is -0.143. The van der Waals surface area contributed by atoms with Gasteiger partial charge in [-0.25, -0.2) is 8.78 Å². The number of halogens is 2. The molecule has 4 nitrogen and oxygen atoms in total. The van der Waals surface area contributed by atoms with Gasteiger partial charge in [0.1, 0.15) is 0 Å². The Kier molecular flexibility index (Phi) is 6.35. The molecule has 0 aliphatic heterocycles. The molecule has 0 aliphatic carbocycles. The first kappa shape index (κ1) is 14.2. The van der Waals surface area contributed by atoms with Crippen molar-refractivity contribution in [3.05, 3.63) is 0 Å². The molecule has 2 N–H and O–H groups in total. The molecule has 0 aliphatic rings. The van der Waals surface area contributed by atoms with Crippen LogP contribution < -0.4 is 0 Å². The van der Waals surface area contributed by atoms with Gasteiger partial charge in [-0.1, -0.05) is 6.92 Å². The van der Waals surface area contributed by atoms with Crippen LogP contribution in [0.3, 0.4) is 0 Å². The Morgan fingerprint density at radius 3 is 2.27 bits per heavy atom. The van der Waals surface area contributed by atoms with Gasteiger partial charge in [0.15, 0.2) is 0 Å². The van der Waals surface area contributed by atoms with Crippen molar-refractivity contribution in [3.8, 4) is 0 Å². The van der Waals surface area contributed by atoms with E-state index < -0.39 is 30.9 Å². The molecule has 6 heteroatoms. The van der Waals surface area contributed by atoms with E-state index in [0.29, 0.717) is 0 Å². The van der Waals surface area contributed by atoms with E-state index in [1.54, 1.807) is 6.92 Å². The molecule has 0 rings (SSSR count). The van der Waals surface area contributed by atoms with Crippen molar-refractivity contribution in [2.75, 3.05) is 19.7 Å². The normalized spacial score (nSPS) is 15.7. The number of carboxylic acid groups (broad SMARTS) is 1. The van der Waals surface area contributed by atoms with Crippen LogP contribution >= 0.6 is 0 Å². The van der Waals surface area contributed by atoms with Gasteiger partial charge >= 0.3 is 5.97 Å². The minimum Gasteiger partial charge on any atom is -0.481 e. The van der Waals surface area contributed by atoms with Crippen LogP contribution in [0.25, 0.3) is 0 Å². The minimum atomic E-state index is -2.53. The van der Waals surface area contributed by atoms with Gasteiger partial charge in [0, 0.05) is 12.6 Å². The zero-order valence-corrected chi connectivity index (χ0v) is 8.86. The number of carbonyl (C=O) groups is 1. The average Bonchev–Trinajstić information content (AvgIpc) is 2.14. The van der Waals surface area contributed by atoms with Gasteiger partial charge in [0.05, 0.1) is 19.1 Å². The molecule has 2 atom stereocenters. The predicted octanol–water partition coefficient (Wildman–Crippen LogP) is 0.655. The Morgan fingerprint density at radius 2 is 1.93 bits per heavy atom. The molecule has 0 bridgehead atoms. The number of nitrogens with zero attached hydrogens (tertiary/aromatic N) is 1. The van der Waals surface area contributed by atoms with Crippen LogP contribution in [0, 0.1) is 5.92 Å². The third-order valence-electron chi connectivity index (χ3n) is 2.45. The van der Waals surface area contributed by atoms with Crippen molar-refractivity contribution in [2.24, 2.45) is 5.92 Å². The van der Waals surface area contributed by atoms with Gasteiger partial charge in [0.2, 0.25) is 0 Å². The van der Waals surface area contributed by atoms with E-state index in [0.717, 1.165) is 0 Å². The first-order chi connectivity index (χ1) is 6.90. The average molecular weight is 225 g/mol. The fourth-order valence-corrected chi connectivity index (χ4v) is 1.29. The molecule has 2 unspecified atom stereocenters. The number of hydrogen-bond acceptors (Lipinski definition) is 3. The fourth-order valence-electron chi connectivity index (χ4n) is 1.29. The highest BCUT2D eigenvalue weighted by Gasteiger charge is 2.26. The monoisotopic (exact) mass is 225 g/mol. The lowest BCUT2D eigenvalue weighted by Gasteiger charge is -2.30. The summed E-state index contributed by atoms with van der Waals surface area (Å²) in [6, 6.07) is -0.524. The van der Waals surface area contributed by atoms with Gasteiger partial charge < -0.3 is 10.2 Å². The molecular formula is C9H17F2NO3. The molecule has 0 radical (unpaired) electrons. The Hall–Kier alpha value is -0.750. The summed E-state index contributed by atoms with van der Waals surface area (Å²) in [5.41, 5.74) is 0. The number of alkyl halides is 2. The lowest BCUT2D eigenvalue weighted by atomic mass is 10.0. The molecule has 0 aromatic rings. The van der Waals surface area contributed by atoms with Crippen molar-refractivity contribution < 1.29 is 23.8 Å². The third kappa shape index (κ3) is 5.03. The maximum Gasteiger partial charge on any atom is 0.307 e. The molecule has 0 amide bonds. The second-order valence-corrected chi connectivity index (χ2v) is 3.48. The van der Waals surface area contributed by atoms with Gasteiger partial charge in [-0.3, -0.25) is 9.69 Å². The van der Waals surface area contributed by atoms with Crippen LogP contribution in [-0.2, 0) is 4.79 Å². The van der Waals surface area contributed by atoms with Crippen molar-refractivity contribution in [2.45, 2.75) is 26.3 Å². The van der Waals surface area contributed by atoms with E-state index in [4.69, 9.17) is 10.2 Å². The zero-order valence-electron chi connectivity index (χ0n) is 8.86. The summed E-state index contributed by atoms with van der Waals surface area (Å²) in [7, 11) is 0. The molecule has 0 aromatic heterocycles. The molecule has 0 aromatic carbocycles. The van der Waals surface area contributed by atoms with Crippen LogP contribution in [0.4, 0.5) is 8.78 Å². The Morgan fingerprint density at radius 1 is 1.40 bits per heavy atom. The topological polar surface area (TPSA) is 60.8 Å². The van der Waals surface area contributed by atoms with Gasteiger partial charge in [-0.2, -0.15) is 0 Å². The van der Waals surface area contributed by atoms with E-state index in [9.17, 15) is 13.6 Å². The van der Waals surface area contributed by atoms with E-state index in [2.05, 4.69) is 0 Å². The molecule has 15 heavy (non-hydrogen) atoms. The maximum absolute atomic E-state index is 12.2. The van der Waals surface area contributed by atoms with Crippen LogP contribution in [-0.4, -0.2) is 53.2 Å². The first-order valence-corrected chi connectivity index (χ1v) is 4.76. The quantitative estimate of drug-likeness (QED) is 0.668. The van der Waals surface area contributed by atoms with Crippen molar-refractivity contribution in [3.63, 3.8) is 0 Å². The van der Waals surface area contributed by atoms with Gasteiger partial charge in [-0.15, -0.1) is 0 Å². The van der Waals surface area contributed by atoms with Crippen LogP contribution in [0.2, 0.25) is 0 Å². The van der Waals surface area contributed by atoms with Crippen molar-refractivity contribution >= 4 is 5.97 Å². The summed E-state index contributed by atoms with van der Waals surface area (Å²) in [5, 5.41) is 17.4. The molecule has 0 heterocycles. The standard InChI is InChI=1S/C9H17F2NO3/c1-6(9(14)15)7(2)12(3-4-13)5-8(10)11/h6-8,13H,3-5H2,1-2H3,(H,14,15). The van der Waals surface area contributed by atoms with Crippen LogP contribution in [0.5, 0.6) is 0 Å². The van der Waals surface area contributed by atoms with E-state index in [1.807, 2.05) is 0 Å². The molecule has 90 valence electrons. The highest BCUT2D eigenvalue weighted by Crippen LogP contribution is 2.12. The summed E-state index contributed by atoms with van der Waals surface area (Å²) >= 11 is 0. The second kappa shape index (κ2) is 6.68. The lowest BCUT2D eigenvalue weighted by Crippen LogP contribution is -2.44. The van der Waals surface area contributed by atoms with Crippen molar-refractivity contribution in [1.82, 2.24) is 4.90 Å². The Bertz CT molecular complexity index is 202. The summed E-state index contributed by atoms with van der Waals surface area (Å²) in [6.45, 7) is 2.31. The van der Waals surface area contributed by atoms with Gasteiger partial charge in [-0.05, 0) is 6.92 Å². The fraction of sp³-hybridized carbons (Fsp3) is 0.889. The predicted molar refractivity (Wildman–Crippen MR) is 50.9 cm³/mol. The highest BCUT2D eigenvalue weighted by molar-refractivity contribution is 5.70. The molecule has 0 spiro atoms. The zero-order chi connectivity index (χ0) is 12.0. The Labute approximate surface area is 87.5 Å². The summed E-state index contributed by atoms with van der Waals surface area (Å²) in [6.07, 6.45) is -2.53. The Balaban J connectivity index is 4.39. The maximum atomic E-state index is 12.2. The van der Waals surface area contributed by atoms with E-state index in [1.165, 1.54) is 11.8 Å². The molecular weight excluding hydrogens is 208 g/mol.